The van der Waals surface area contributed by atoms with Gasteiger partial charge in [0, 0.05) is 18.8 Å². The minimum absolute atomic E-state index is 0.168. The van der Waals surface area contributed by atoms with Crippen LogP contribution in [0, 0.1) is 5.92 Å². The second kappa shape index (κ2) is 7.48. The molecule has 3 heteroatoms. The van der Waals surface area contributed by atoms with Crippen LogP contribution in [0.4, 0.5) is 5.69 Å². The molecule has 110 valence electrons. The normalized spacial score (nSPS) is 11.7. The molecule has 1 atom stereocenters. The number of para-hydroxylation sites is 1. The van der Waals surface area contributed by atoms with Gasteiger partial charge in [-0.25, -0.2) is 0 Å². The number of carbonyl (C=O) groups excluding carboxylic acids is 1. The van der Waals surface area contributed by atoms with Crippen LogP contribution in [-0.4, -0.2) is 19.6 Å². The highest BCUT2D eigenvalue weighted by atomic mass is 16.5. The van der Waals surface area contributed by atoms with E-state index >= 15 is 0 Å². The van der Waals surface area contributed by atoms with Crippen molar-refractivity contribution in [2.75, 3.05) is 18.6 Å². The van der Waals surface area contributed by atoms with E-state index in [0.717, 1.165) is 12.2 Å². The molecule has 2 rings (SSSR count). The Kier molecular flexibility index (Phi) is 5.38. The van der Waals surface area contributed by atoms with Crippen LogP contribution in [0.5, 0.6) is 0 Å². The van der Waals surface area contributed by atoms with Gasteiger partial charge in [-0.15, -0.1) is 0 Å². The Morgan fingerprint density at radius 3 is 2.19 bits per heavy atom. The summed E-state index contributed by atoms with van der Waals surface area (Å²) in [4.78, 5) is 13.9. The third-order valence-electron chi connectivity index (χ3n) is 3.44. The van der Waals surface area contributed by atoms with Gasteiger partial charge in [-0.2, -0.15) is 0 Å². The maximum Gasteiger partial charge on any atom is 0.310 e. The fraction of sp³-hybridized carbons (Fsp3) is 0.278. The first-order valence-corrected chi connectivity index (χ1v) is 7.12. The van der Waals surface area contributed by atoms with Crippen molar-refractivity contribution in [2.45, 2.75) is 13.5 Å². The molecular weight excluding hydrogens is 262 g/mol. The summed E-state index contributed by atoms with van der Waals surface area (Å²) >= 11 is 0. The Hall–Kier alpha value is -2.29. The molecular formula is C18H21NO2. The molecule has 0 spiro atoms. The lowest BCUT2D eigenvalue weighted by Crippen LogP contribution is -2.32. The predicted molar refractivity (Wildman–Crippen MR) is 85.1 cm³/mol. The Balaban J connectivity index is 2.17. The second-order valence-corrected chi connectivity index (χ2v) is 5.13. The Labute approximate surface area is 126 Å². The van der Waals surface area contributed by atoms with Crippen molar-refractivity contribution >= 4 is 11.7 Å². The number of carbonyl (C=O) groups is 1. The highest BCUT2D eigenvalue weighted by Crippen LogP contribution is 2.18. The van der Waals surface area contributed by atoms with Gasteiger partial charge >= 0.3 is 5.97 Å². The highest BCUT2D eigenvalue weighted by Gasteiger charge is 2.18. The Morgan fingerprint density at radius 2 is 1.62 bits per heavy atom. The number of rotatable bonds is 6. The summed E-state index contributed by atoms with van der Waals surface area (Å²) in [6.07, 6.45) is 0. The van der Waals surface area contributed by atoms with Crippen LogP contribution in [0.1, 0.15) is 12.5 Å². The van der Waals surface area contributed by atoms with Gasteiger partial charge in [-0.3, -0.25) is 4.79 Å². The average Bonchev–Trinajstić information content (AvgIpc) is 2.55. The molecule has 0 aliphatic carbocycles. The quantitative estimate of drug-likeness (QED) is 0.760. The first kappa shape index (κ1) is 15.1. The molecule has 0 saturated carbocycles. The molecule has 0 aliphatic rings. The largest absolute Gasteiger partial charge is 0.469 e. The zero-order valence-corrected chi connectivity index (χ0v) is 12.5. The number of ether oxygens (including phenoxy) is 1. The smallest absolute Gasteiger partial charge is 0.310 e. The molecule has 0 aromatic heterocycles. The molecule has 2 aromatic rings. The van der Waals surface area contributed by atoms with Crippen LogP contribution in [-0.2, 0) is 16.1 Å². The molecule has 2 aromatic carbocycles. The SMILES string of the molecule is COC(=O)[C@@H](C)CN(Cc1ccccc1)c1ccccc1. The summed E-state index contributed by atoms with van der Waals surface area (Å²) in [7, 11) is 1.43. The maximum atomic E-state index is 11.7. The van der Waals surface area contributed by atoms with Crippen molar-refractivity contribution < 1.29 is 9.53 Å². The predicted octanol–water partition coefficient (Wildman–Crippen LogP) is 3.50. The summed E-state index contributed by atoms with van der Waals surface area (Å²) in [6.45, 7) is 3.30. The average molecular weight is 283 g/mol. The fourth-order valence-electron chi connectivity index (χ4n) is 2.31. The summed E-state index contributed by atoms with van der Waals surface area (Å²) < 4.78 is 4.83. The third-order valence-corrected chi connectivity index (χ3v) is 3.44. The van der Waals surface area contributed by atoms with Gasteiger partial charge in [0.25, 0.3) is 0 Å². The van der Waals surface area contributed by atoms with Gasteiger partial charge in [-0.05, 0) is 17.7 Å². The van der Waals surface area contributed by atoms with Crippen molar-refractivity contribution in [2.24, 2.45) is 5.92 Å². The summed E-state index contributed by atoms with van der Waals surface area (Å²) in [5.74, 6) is -0.345. The minimum Gasteiger partial charge on any atom is -0.469 e. The molecule has 0 heterocycles. The van der Waals surface area contributed by atoms with E-state index in [9.17, 15) is 4.79 Å². The molecule has 0 bridgehead atoms. The Bertz CT molecular complexity index is 554. The molecule has 0 radical (unpaired) electrons. The Morgan fingerprint density at radius 1 is 1.05 bits per heavy atom. The van der Waals surface area contributed by atoms with Crippen molar-refractivity contribution in [3.8, 4) is 0 Å². The number of nitrogens with zero attached hydrogens (tertiary/aromatic N) is 1. The van der Waals surface area contributed by atoms with Crippen LogP contribution in [0.3, 0.4) is 0 Å². The molecule has 0 unspecified atom stereocenters. The number of benzene rings is 2. The first-order chi connectivity index (χ1) is 10.2. The number of hydrogen-bond acceptors (Lipinski definition) is 3. The fourth-order valence-corrected chi connectivity index (χ4v) is 2.31. The van der Waals surface area contributed by atoms with Crippen LogP contribution >= 0.6 is 0 Å². The van der Waals surface area contributed by atoms with E-state index in [1.165, 1.54) is 12.7 Å². The standard InChI is InChI=1S/C18H21NO2/c1-15(18(20)21-2)13-19(17-11-7-4-8-12-17)14-16-9-5-3-6-10-16/h3-12,15H,13-14H2,1-2H3/t15-/m0/s1. The molecule has 0 fully saturated rings. The van der Waals surface area contributed by atoms with Crippen LogP contribution in [0.2, 0.25) is 0 Å². The summed E-state index contributed by atoms with van der Waals surface area (Å²) in [5, 5.41) is 0. The van der Waals surface area contributed by atoms with Gasteiger partial charge in [0.05, 0.1) is 13.0 Å². The first-order valence-electron chi connectivity index (χ1n) is 7.12. The molecule has 3 nitrogen and oxygen atoms in total. The van der Waals surface area contributed by atoms with E-state index in [1.54, 1.807) is 0 Å². The molecule has 21 heavy (non-hydrogen) atoms. The van der Waals surface area contributed by atoms with Crippen LogP contribution in [0.25, 0.3) is 0 Å². The van der Waals surface area contributed by atoms with Crippen molar-refractivity contribution in [3.05, 3.63) is 66.2 Å². The highest BCUT2D eigenvalue weighted by molar-refractivity contribution is 5.72. The third kappa shape index (κ3) is 4.35. The van der Waals surface area contributed by atoms with Crippen molar-refractivity contribution in [3.63, 3.8) is 0 Å². The topological polar surface area (TPSA) is 29.5 Å². The lowest BCUT2D eigenvalue weighted by atomic mass is 10.1. The monoisotopic (exact) mass is 283 g/mol. The summed E-state index contributed by atoms with van der Waals surface area (Å²) in [5.41, 5.74) is 2.33. The number of hydrogen-bond donors (Lipinski definition) is 0. The van der Waals surface area contributed by atoms with E-state index in [4.69, 9.17) is 4.74 Å². The minimum atomic E-state index is -0.177. The maximum absolute atomic E-state index is 11.7. The lowest BCUT2D eigenvalue weighted by molar-refractivity contribution is -0.144. The lowest BCUT2D eigenvalue weighted by Gasteiger charge is -2.27. The van der Waals surface area contributed by atoms with Gasteiger partial charge in [0.2, 0.25) is 0 Å². The summed E-state index contributed by atoms with van der Waals surface area (Å²) in [6, 6.07) is 20.4. The number of methoxy groups -OCH3 is 1. The molecule has 0 amide bonds. The van der Waals surface area contributed by atoms with E-state index in [1.807, 2.05) is 43.3 Å². The van der Waals surface area contributed by atoms with E-state index in [-0.39, 0.29) is 11.9 Å². The van der Waals surface area contributed by atoms with Gasteiger partial charge in [-0.1, -0.05) is 55.5 Å². The van der Waals surface area contributed by atoms with E-state index < -0.39 is 0 Å². The number of anilines is 1. The number of esters is 1. The van der Waals surface area contributed by atoms with Crippen molar-refractivity contribution in [1.29, 1.82) is 0 Å². The van der Waals surface area contributed by atoms with Crippen LogP contribution in [0.15, 0.2) is 60.7 Å². The zero-order valence-electron chi connectivity index (χ0n) is 12.5. The molecule has 0 saturated heterocycles. The second-order valence-electron chi connectivity index (χ2n) is 5.13. The van der Waals surface area contributed by atoms with Gasteiger partial charge in [0.15, 0.2) is 0 Å². The van der Waals surface area contributed by atoms with Crippen LogP contribution < -0.4 is 4.90 Å². The van der Waals surface area contributed by atoms with Crippen molar-refractivity contribution in [1.82, 2.24) is 0 Å². The van der Waals surface area contributed by atoms with Gasteiger partial charge < -0.3 is 9.64 Å². The van der Waals surface area contributed by atoms with E-state index in [2.05, 4.69) is 29.2 Å². The molecule has 0 N–H and O–H groups in total. The van der Waals surface area contributed by atoms with E-state index in [0.29, 0.717) is 6.54 Å². The zero-order chi connectivity index (χ0) is 15.1. The molecule has 0 aliphatic heterocycles. The van der Waals surface area contributed by atoms with Gasteiger partial charge in [0.1, 0.15) is 0 Å².